The normalized spacial score (nSPS) is 49.0. The van der Waals surface area contributed by atoms with E-state index in [4.69, 9.17) is 23.7 Å². The zero-order chi connectivity index (χ0) is 27.6. The van der Waals surface area contributed by atoms with E-state index in [1.54, 1.807) is 0 Å². The Bertz CT molecular complexity index is 745. The van der Waals surface area contributed by atoms with E-state index >= 15 is 0 Å². The lowest BCUT2D eigenvalue weighted by molar-refractivity contribution is -0.355. The molecule has 0 aromatic heterocycles. The molecule has 3 fully saturated rings. The van der Waals surface area contributed by atoms with Crippen LogP contribution in [0.25, 0.3) is 0 Å². The first-order valence-electron chi connectivity index (χ1n) is 11.6. The maximum absolute atomic E-state index is 11.4. The number of nitrogens with one attached hydrogen (secondary N) is 1. The summed E-state index contributed by atoms with van der Waals surface area (Å²) in [5.41, 5.74) is 0. The number of carbonyl (C=O) groups is 1. The van der Waals surface area contributed by atoms with Crippen LogP contribution in [0.2, 0.25) is 0 Å². The molecule has 3 aliphatic rings. The standard InChI is InChI=1S/C20H35NO16/c1-5(24)21-9-12(27)17(7(3-23)34-18(9)32)37-20-16(31)14(29)11(26)8(36-20)4-33-19-15(30)13(28)10(25)6(2-22)35-19/h6-20,22-23,25-32H,2-4H2,1H3,(H,21,24)/t6-,7-,8-,9-,10-,11-,12-,13+,14+,15+,16+,17-,18-,19+,20+/m1/s1. The van der Waals surface area contributed by atoms with Gasteiger partial charge in [-0.2, -0.15) is 0 Å². The largest absolute Gasteiger partial charge is 0.394 e. The van der Waals surface area contributed by atoms with Crippen LogP contribution < -0.4 is 5.32 Å². The Morgan fingerprint density at radius 2 is 1.24 bits per heavy atom. The number of hydrogen-bond acceptors (Lipinski definition) is 16. The molecule has 0 aliphatic carbocycles. The monoisotopic (exact) mass is 545 g/mol. The van der Waals surface area contributed by atoms with Crippen molar-refractivity contribution in [1.29, 1.82) is 0 Å². The molecule has 0 aromatic carbocycles. The smallest absolute Gasteiger partial charge is 0.217 e. The fraction of sp³-hybridized carbons (Fsp3) is 0.950. The highest BCUT2D eigenvalue weighted by molar-refractivity contribution is 5.73. The number of rotatable bonds is 8. The molecular formula is C20H35NO16. The van der Waals surface area contributed by atoms with E-state index in [-0.39, 0.29) is 0 Å². The highest BCUT2D eigenvalue weighted by Gasteiger charge is 2.51. The van der Waals surface area contributed by atoms with Crippen molar-refractivity contribution in [3.8, 4) is 0 Å². The predicted molar refractivity (Wildman–Crippen MR) is 113 cm³/mol. The lowest BCUT2D eigenvalue weighted by Gasteiger charge is -2.46. The molecule has 3 rings (SSSR count). The summed E-state index contributed by atoms with van der Waals surface area (Å²) in [4.78, 5) is 11.4. The first-order chi connectivity index (χ1) is 17.4. The van der Waals surface area contributed by atoms with Crippen LogP contribution in [0.5, 0.6) is 0 Å². The van der Waals surface area contributed by atoms with Gasteiger partial charge >= 0.3 is 0 Å². The Morgan fingerprint density at radius 1 is 0.703 bits per heavy atom. The number of aliphatic hydroxyl groups excluding tert-OH is 10. The molecule has 0 aromatic rings. The van der Waals surface area contributed by atoms with E-state index in [9.17, 15) is 55.9 Å². The van der Waals surface area contributed by atoms with Crippen molar-refractivity contribution in [3.05, 3.63) is 0 Å². The summed E-state index contributed by atoms with van der Waals surface area (Å²) >= 11 is 0. The lowest BCUT2D eigenvalue weighted by atomic mass is 9.95. The fourth-order valence-electron chi connectivity index (χ4n) is 4.36. The second-order valence-corrected chi connectivity index (χ2v) is 9.11. The summed E-state index contributed by atoms with van der Waals surface area (Å²) in [6.45, 7) is -0.962. The molecule has 17 nitrogen and oxygen atoms in total. The molecule has 15 atom stereocenters. The summed E-state index contributed by atoms with van der Waals surface area (Å²) in [5, 5.41) is 103. The van der Waals surface area contributed by atoms with E-state index in [2.05, 4.69) is 5.32 Å². The van der Waals surface area contributed by atoms with Gasteiger partial charge in [0.1, 0.15) is 73.2 Å². The summed E-state index contributed by atoms with van der Waals surface area (Å²) in [7, 11) is 0. The van der Waals surface area contributed by atoms with Crippen molar-refractivity contribution in [2.45, 2.75) is 99.0 Å². The summed E-state index contributed by atoms with van der Waals surface area (Å²) in [6, 6.07) is -1.38. The van der Waals surface area contributed by atoms with E-state index in [0.717, 1.165) is 6.92 Å². The van der Waals surface area contributed by atoms with Crippen molar-refractivity contribution in [2.24, 2.45) is 0 Å². The zero-order valence-electron chi connectivity index (χ0n) is 19.7. The summed E-state index contributed by atoms with van der Waals surface area (Å²) in [5.74, 6) is -0.620. The SMILES string of the molecule is CC(=O)N[C@@H]1[C@@H](O)[C@H](O[C@@H]2O[C@H](CO[C@H]3O[C@H](CO)[C@@H](O)[C@H](O)[C@@H]3O)[C@@H](O)[C@H](O)[C@@H]2O)[C@@H](CO)O[C@H]1O. The van der Waals surface area contributed by atoms with Crippen LogP contribution in [0.1, 0.15) is 6.92 Å². The average molecular weight is 545 g/mol. The molecule has 1 amide bonds. The first-order valence-corrected chi connectivity index (χ1v) is 11.6. The molecule has 3 saturated heterocycles. The van der Waals surface area contributed by atoms with E-state index in [1.165, 1.54) is 0 Å². The molecule has 0 bridgehead atoms. The molecular weight excluding hydrogens is 510 g/mol. The highest BCUT2D eigenvalue weighted by Crippen LogP contribution is 2.30. The molecule has 3 aliphatic heterocycles. The third kappa shape index (κ3) is 6.55. The molecule has 0 spiro atoms. The highest BCUT2D eigenvalue weighted by atomic mass is 16.7. The molecule has 3 heterocycles. The van der Waals surface area contributed by atoms with Crippen LogP contribution in [-0.2, 0) is 28.5 Å². The molecule has 216 valence electrons. The minimum absolute atomic E-state index is 0.617. The van der Waals surface area contributed by atoms with Crippen LogP contribution >= 0.6 is 0 Å². The average Bonchev–Trinajstić information content (AvgIpc) is 2.86. The van der Waals surface area contributed by atoms with Crippen molar-refractivity contribution >= 4 is 5.91 Å². The van der Waals surface area contributed by atoms with Gasteiger partial charge in [-0.05, 0) is 0 Å². The van der Waals surface area contributed by atoms with Gasteiger partial charge in [-0.15, -0.1) is 0 Å². The molecule has 0 unspecified atom stereocenters. The Balaban J connectivity index is 1.69. The zero-order valence-corrected chi connectivity index (χ0v) is 19.7. The molecule has 0 saturated carbocycles. The van der Waals surface area contributed by atoms with Crippen molar-refractivity contribution < 1.29 is 79.5 Å². The second kappa shape index (κ2) is 12.8. The quantitative estimate of drug-likeness (QED) is 0.135. The number of ether oxygens (including phenoxy) is 5. The number of aliphatic hydroxyl groups is 10. The van der Waals surface area contributed by atoms with Crippen LogP contribution in [0.15, 0.2) is 0 Å². The Hall–Kier alpha value is -1.13. The van der Waals surface area contributed by atoms with Crippen molar-refractivity contribution in [2.75, 3.05) is 19.8 Å². The van der Waals surface area contributed by atoms with E-state index < -0.39 is 118 Å². The van der Waals surface area contributed by atoms with Gasteiger partial charge in [0, 0.05) is 6.92 Å². The van der Waals surface area contributed by atoms with E-state index in [1.807, 2.05) is 0 Å². The topological polar surface area (TPSA) is 278 Å². The van der Waals surface area contributed by atoms with Crippen molar-refractivity contribution in [3.63, 3.8) is 0 Å². The summed E-state index contributed by atoms with van der Waals surface area (Å²) < 4.78 is 26.8. The van der Waals surface area contributed by atoms with Gasteiger partial charge in [-0.25, -0.2) is 0 Å². The third-order valence-electron chi connectivity index (χ3n) is 6.48. The maximum atomic E-state index is 11.4. The number of hydrogen-bond donors (Lipinski definition) is 11. The minimum atomic E-state index is -1.88. The molecule has 37 heavy (non-hydrogen) atoms. The summed E-state index contributed by atoms with van der Waals surface area (Å²) in [6.07, 6.45) is -22.9. The third-order valence-corrected chi connectivity index (χ3v) is 6.48. The van der Waals surface area contributed by atoms with Crippen LogP contribution in [-0.4, -0.2) is 169 Å². The van der Waals surface area contributed by atoms with Gasteiger partial charge in [-0.3, -0.25) is 4.79 Å². The second-order valence-electron chi connectivity index (χ2n) is 9.11. The first kappa shape index (κ1) is 30.4. The molecule has 11 N–H and O–H groups in total. The van der Waals surface area contributed by atoms with E-state index in [0.29, 0.717) is 0 Å². The fourth-order valence-corrected chi connectivity index (χ4v) is 4.36. The van der Waals surface area contributed by atoms with Gasteiger partial charge in [-0.1, -0.05) is 0 Å². The minimum Gasteiger partial charge on any atom is -0.394 e. The lowest BCUT2D eigenvalue weighted by Crippen LogP contribution is -2.67. The van der Waals surface area contributed by atoms with Gasteiger partial charge in [0.25, 0.3) is 0 Å². The van der Waals surface area contributed by atoms with Crippen LogP contribution in [0, 0.1) is 0 Å². The van der Waals surface area contributed by atoms with Gasteiger partial charge < -0.3 is 80.1 Å². The van der Waals surface area contributed by atoms with Gasteiger partial charge in [0.05, 0.1) is 19.8 Å². The number of carbonyl (C=O) groups excluding carboxylic acids is 1. The maximum Gasteiger partial charge on any atom is 0.217 e. The number of amides is 1. The molecule has 17 heteroatoms. The van der Waals surface area contributed by atoms with Crippen molar-refractivity contribution in [1.82, 2.24) is 5.32 Å². The Morgan fingerprint density at radius 3 is 1.81 bits per heavy atom. The molecule has 0 radical (unpaired) electrons. The Kier molecular flexibility index (Phi) is 10.5. The predicted octanol–water partition coefficient (Wildman–Crippen LogP) is -7.43. The van der Waals surface area contributed by atoms with Gasteiger partial charge in [0.2, 0.25) is 5.91 Å². The van der Waals surface area contributed by atoms with Crippen LogP contribution in [0.4, 0.5) is 0 Å². The van der Waals surface area contributed by atoms with Crippen LogP contribution in [0.3, 0.4) is 0 Å². The Labute approximate surface area is 210 Å². The van der Waals surface area contributed by atoms with Gasteiger partial charge in [0.15, 0.2) is 18.9 Å².